The molecule has 8 nitrogen and oxygen atoms in total. The topological polar surface area (TPSA) is 80.6 Å². The van der Waals surface area contributed by atoms with E-state index in [1.807, 2.05) is 29.2 Å². The van der Waals surface area contributed by atoms with Crippen molar-refractivity contribution in [2.75, 3.05) is 32.8 Å². The first-order valence-corrected chi connectivity index (χ1v) is 11.3. The molecule has 8 heteroatoms. The van der Waals surface area contributed by atoms with Crippen LogP contribution in [0.15, 0.2) is 36.9 Å². The molecule has 0 radical (unpaired) electrons. The van der Waals surface area contributed by atoms with E-state index in [2.05, 4.69) is 10.2 Å². The number of rotatable bonds is 7. The number of aromatic nitrogens is 3. The van der Waals surface area contributed by atoms with Crippen LogP contribution < -0.4 is 4.74 Å². The SMILES string of the molecule is O=C(Cn1cnnc1)N1CCN(C(=O)c2cccc(OCCC3CCCCC3)c2)CC1. The zero-order chi connectivity index (χ0) is 21.5. The maximum absolute atomic E-state index is 13.0. The molecule has 1 saturated carbocycles. The molecule has 2 heterocycles. The molecule has 1 aliphatic heterocycles. The van der Waals surface area contributed by atoms with Crippen molar-refractivity contribution in [2.24, 2.45) is 5.92 Å². The first-order chi connectivity index (χ1) is 15.2. The molecule has 2 aromatic rings. The molecule has 166 valence electrons. The Kier molecular flexibility index (Phi) is 7.17. The Morgan fingerprint density at radius 2 is 1.68 bits per heavy atom. The van der Waals surface area contributed by atoms with Crippen molar-refractivity contribution >= 4 is 11.8 Å². The van der Waals surface area contributed by atoms with Crippen molar-refractivity contribution in [2.45, 2.75) is 45.1 Å². The quantitative estimate of drug-likeness (QED) is 0.681. The van der Waals surface area contributed by atoms with E-state index in [-0.39, 0.29) is 18.4 Å². The molecule has 1 saturated heterocycles. The van der Waals surface area contributed by atoms with Crippen molar-refractivity contribution < 1.29 is 14.3 Å². The van der Waals surface area contributed by atoms with Gasteiger partial charge in [0.2, 0.25) is 5.91 Å². The number of piperazine rings is 1. The lowest BCUT2D eigenvalue weighted by Gasteiger charge is -2.35. The van der Waals surface area contributed by atoms with Gasteiger partial charge in [-0.25, -0.2) is 0 Å². The summed E-state index contributed by atoms with van der Waals surface area (Å²) in [4.78, 5) is 28.9. The molecule has 1 aliphatic carbocycles. The Hall–Kier alpha value is -2.90. The van der Waals surface area contributed by atoms with Gasteiger partial charge < -0.3 is 19.1 Å². The van der Waals surface area contributed by atoms with Crippen LogP contribution in [-0.2, 0) is 11.3 Å². The van der Waals surface area contributed by atoms with Crippen molar-refractivity contribution in [1.29, 1.82) is 0 Å². The van der Waals surface area contributed by atoms with Crippen LogP contribution >= 0.6 is 0 Å². The molecule has 4 rings (SSSR count). The number of carbonyl (C=O) groups excluding carboxylic acids is 2. The van der Waals surface area contributed by atoms with Gasteiger partial charge in [0.1, 0.15) is 24.9 Å². The average Bonchev–Trinajstić information content (AvgIpc) is 3.33. The Labute approximate surface area is 183 Å². The highest BCUT2D eigenvalue weighted by Crippen LogP contribution is 2.26. The standard InChI is InChI=1S/C23H31N5O3/c29-22(16-26-17-24-25-18-26)27-10-12-28(13-11-27)23(30)20-7-4-8-21(15-20)31-14-9-19-5-2-1-3-6-19/h4,7-8,15,17-19H,1-3,5-6,9-14,16H2. The second-order valence-electron chi connectivity index (χ2n) is 8.48. The van der Waals surface area contributed by atoms with Crippen LogP contribution in [0.25, 0.3) is 0 Å². The third-order valence-corrected chi connectivity index (χ3v) is 6.30. The zero-order valence-electron chi connectivity index (χ0n) is 18.0. The van der Waals surface area contributed by atoms with Gasteiger partial charge in [0.15, 0.2) is 0 Å². The lowest BCUT2D eigenvalue weighted by atomic mass is 9.87. The normalized spacial score (nSPS) is 17.5. The summed E-state index contributed by atoms with van der Waals surface area (Å²) in [5.41, 5.74) is 0.638. The average molecular weight is 426 g/mol. The fourth-order valence-electron chi connectivity index (χ4n) is 4.44. The maximum atomic E-state index is 13.0. The van der Waals surface area contributed by atoms with Crippen LogP contribution in [0.3, 0.4) is 0 Å². The van der Waals surface area contributed by atoms with E-state index < -0.39 is 0 Å². The predicted octanol–water partition coefficient (Wildman–Crippen LogP) is 2.61. The van der Waals surface area contributed by atoms with Crippen LogP contribution in [0.5, 0.6) is 5.75 Å². The molecule has 1 aromatic heterocycles. The first-order valence-electron chi connectivity index (χ1n) is 11.3. The maximum Gasteiger partial charge on any atom is 0.254 e. The number of nitrogens with zero attached hydrogens (tertiary/aromatic N) is 5. The van der Waals surface area contributed by atoms with Crippen molar-refractivity contribution in [1.82, 2.24) is 24.6 Å². The summed E-state index contributed by atoms with van der Waals surface area (Å²) in [5, 5.41) is 7.44. The molecular weight excluding hydrogens is 394 g/mol. The monoisotopic (exact) mass is 425 g/mol. The fraction of sp³-hybridized carbons (Fsp3) is 0.565. The smallest absolute Gasteiger partial charge is 0.254 e. The zero-order valence-corrected chi connectivity index (χ0v) is 18.0. The summed E-state index contributed by atoms with van der Waals surface area (Å²) in [7, 11) is 0. The summed E-state index contributed by atoms with van der Waals surface area (Å²) in [6.07, 6.45) is 10.8. The van der Waals surface area contributed by atoms with Crippen LogP contribution in [0.1, 0.15) is 48.9 Å². The molecule has 0 N–H and O–H groups in total. The molecule has 31 heavy (non-hydrogen) atoms. The van der Waals surface area contributed by atoms with E-state index in [1.54, 1.807) is 9.47 Å². The van der Waals surface area contributed by atoms with Gasteiger partial charge in [0, 0.05) is 31.7 Å². The van der Waals surface area contributed by atoms with Crippen molar-refractivity contribution in [3.05, 3.63) is 42.5 Å². The van der Waals surface area contributed by atoms with Gasteiger partial charge in [0.05, 0.1) is 6.61 Å². The fourth-order valence-corrected chi connectivity index (χ4v) is 4.44. The summed E-state index contributed by atoms with van der Waals surface area (Å²) in [6, 6.07) is 7.47. The highest BCUT2D eigenvalue weighted by Gasteiger charge is 2.25. The van der Waals surface area contributed by atoms with E-state index in [9.17, 15) is 9.59 Å². The van der Waals surface area contributed by atoms with E-state index in [1.165, 1.54) is 44.8 Å². The summed E-state index contributed by atoms with van der Waals surface area (Å²) in [6.45, 7) is 3.05. The van der Waals surface area contributed by atoms with Crippen LogP contribution in [0, 0.1) is 5.92 Å². The summed E-state index contributed by atoms with van der Waals surface area (Å²) < 4.78 is 7.60. The molecule has 2 amide bonds. The minimum Gasteiger partial charge on any atom is -0.494 e. The molecule has 0 atom stereocenters. The van der Waals surface area contributed by atoms with Gasteiger partial charge in [-0.15, -0.1) is 10.2 Å². The van der Waals surface area contributed by atoms with Gasteiger partial charge in [-0.3, -0.25) is 9.59 Å². The second kappa shape index (κ2) is 10.4. The first kappa shape index (κ1) is 21.3. The van der Waals surface area contributed by atoms with E-state index >= 15 is 0 Å². The molecule has 1 aromatic carbocycles. The highest BCUT2D eigenvalue weighted by atomic mass is 16.5. The van der Waals surface area contributed by atoms with Crippen molar-refractivity contribution in [3.8, 4) is 5.75 Å². The van der Waals surface area contributed by atoms with Crippen LogP contribution in [0.2, 0.25) is 0 Å². The number of ether oxygens (including phenoxy) is 1. The van der Waals surface area contributed by atoms with Gasteiger partial charge in [0.25, 0.3) is 5.91 Å². The molecular formula is C23H31N5O3. The van der Waals surface area contributed by atoms with E-state index in [4.69, 9.17) is 4.74 Å². The number of benzene rings is 1. The third-order valence-electron chi connectivity index (χ3n) is 6.30. The summed E-state index contributed by atoms with van der Waals surface area (Å²) >= 11 is 0. The number of hydrogen-bond acceptors (Lipinski definition) is 5. The number of amides is 2. The minimum atomic E-state index is -0.0105. The van der Waals surface area contributed by atoms with Crippen LogP contribution in [0.4, 0.5) is 0 Å². The molecule has 2 fully saturated rings. The summed E-state index contributed by atoms with van der Waals surface area (Å²) in [5.74, 6) is 1.54. The van der Waals surface area contributed by atoms with Gasteiger partial charge >= 0.3 is 0 Å². The van der Waals surface area contributed by atoms with Crippen LogP contribution in [-0.4, -0.2) is 69.2 Å². The Bertz CT molecular complexity index is 856. The number of carbonyl (C=O) groups is 2. The Morgan fingerprint density at radius 3 is 2.42 bits per heavy atom. The third kappa shape index (κ3) is 5.83. The second-order valence-corrected chi connectivity index (χ2v) is 8.48. The van der Waals surface area contributed by atoms with Crippen molar-refractivity contribution in [3.63, 3.8) is 0 Å². The largest absolute Gasteiger partial charge is 0.494 e. The highest BCUT2D eigenvalue weighted by molar-refractivity contribution is 5.94. The Balaban J connectivity index is 1.24. The Morgan fingerprint density at radius 1 is 0.968 bits per heavy atom. The molecule has 0 bridgehead atoms. The van der Waals surface area contributed by atoms with E-state index in [0.29, 0.717) is 38.3 Å². The molecule has 0 unspecified atom stereocenters. The van der Waals surface area contributed by atoms with Gasteiger partial charge in [-0.1, -0.05) is 38.2 Å². The molecule has 2 aliphatic rings. The van der Waals surface area contributed by atoms with E-state index in [0.717, 1.165) is 18.1 Å². The van der Waals surface area contributed by atoms with Gasteiger partial charge in [-0.2, -0.15) is 0 Å². The predicted molar refractivity (Wildman–Crippen MR) is 116 cm³/mol. The molecule has 0 spiro atoms. The lowest BCUT2D eigenvalue weighted by Crippen LogP contribution is -2.51. The van der Waals surface area contributed by atoms with Gasteiger partial charge in [-0.05, 0) is 30.5 Å². The number of hydrogen-bond donors (Lipinski definition) is 0. The minimum absolute atomic E-state index is 0.0105. The lowest BCUT2D eigenvalue weighted by molar-refractivity contribution is -0.133.